The maximum Gasteiger partial charge on any atom is 0.163 e. The molecule has 0 bridgehead atoms. The van der Waals surface area contributed by atoms with Gasteiger partial charge in [-0.25, -0.2) is 18.7 Å². The molecule has 0 fully saturated rings. The minimum Gasteiger partial charge on any atom is -0.491 e. The lowest BCUT2D eigenvalue weighted by Gasteiger charge is -2.15. The molecular formula is C25H22F2N4O. The van der Waals surface area contributed by atoms with Crippen molar-refractivity contribution in [3.63, 3.8) is 0 Å². The molecule has 0 amide bonds. The lowest BCUT2D eigenvalue weighted by atomic mass is 10.0. The highest BCUT2D eigenvalue weighted by Gasteiger charge is 2.16. The number of nitrogens with zero attached hydrogens (tertiary/aromatic N) is 3. The van der Waals surface area contributed by atoms with Gasteiger partial charge in [0.15, 0.2) is 5.82 Å². The summed E-state index contributed by atoms with van der Waals surface area (Å²) in [5.41, 5.74) is 3.32. The minimum atomic E-state index is -0.651. The average molecular weight is 432 g/mol. The van der Waals surface area contributed by atoms with E-state index < -0.39 is 11.6 Å². The van der Waals surface area contributed by atoms with E-state index in [0.717, 1.165) is 17.2 Å². The quantitative estimate of drug-likeness (QED) is 0.362. The Labute approximate surface area is 184 Å². The fourth-order valence-corrected chi connectivity index (χ4v) is 3.35. The fourth-order valence-electron chi connectivity index (χ4n) is 3.35. The first kappa shape index (κ1) is 21.4. The third kappa shape index (κ3) is 4.56. The van der Waals surface area contributed by atoms with Crippen molar-refractivity contribution in [3.8, 4) is 28.3 Å². The van der Waals surface area contributed by atoms with Crippen molar-refractivity contribution in [3.05, 3.63) is 78.6 Å². The number of hydrogen-bond acceptors (Lipinski definition) is 5. The van der Waals surface area contributed by atoms with Gasteiger partial charge in [-0.05, 0) is 54.4 Å². The third-order valence-corrected chi connectivity index (χ3v) is 4.90. The summed E-state index contributed by atoms with van der Waals surface area (Å²) in [5, 5.41) is 3.77. The monoisotopic (exact) mass is 432 g/mol. The number of ether oxygens (including phenoxy) is 1. The van der Waals surface area contributed by atoms with Crippen LogP contribution in [0.5, 0.6) is 5.75 Å². The molecule has 0 aliphatic carbocycles. The van der Waals surface area contributed by atoms with Gasteiger partial charge in [0.1, 0.15) is 28.7 Å². The molecule has 162 valence electrons. The molecule has 4 aromatic rings. The van der Waals surface area contributed by atoms with Crippen LogP contribution < -0.4 is 10.1 Å². The predicted octanol–water partition coefficient (Wildman–Crippen LogP) is 6.02. The van der Waals surface area contributed by atoms with Crippen LogP contribution in [0.2, 0.25) is 0 Å². The highest BCUT2D eigenvalue weighted by molar-refractivity contribution is 5.97. The Morgan fingerprint density at radius 2 is 1.78 bits per heavy atom. The van der Waals surface area contributed by atoms with E-state index in [9.17, 15) is 8.78 Å². The van der Waals surface area contributed by atoms with Crippen molar-refractivity contribution in [1.29, 1.82) is 0 Å². The second-order valence-corrected chi connectivity index (χ2v) is 7.47. The van der Waals surface area contributed by atoms with Gasteiger partial charge in [0, 0.05) is 42.9 Å². The van der Waals surface area contributed by atoms with Crippen LogP contribution in [0.15, 0.2) is 67.0 Å². The Kier molecular flexibility index (Phi) is 6.07. The standard InChI is InChI=1S/C25H22F2N4O/c1-15(2)6-8-32-22-12-18(17-9-19(26)13-20(27)10-17)11-21-23(22)30-24(31-25(21)28-3)16-5-4-7-29-14-16/h4-5,7,9-14H,1,6,8H2,2-3H3,(H,28,30,31). The number of hydrogen-bond donors (Lipinski definition) is 1. The lowest BCUT2D eigenvalue weighted by molar-refractivity contribution is 0.325. The molecule has 0 radical (unpaired) electrons. The zero-order valence-corrected chi connectivity index (χ0v) is 17.8. The summed E-state index contributed by atoms with van der Waals surface area (Å²) in [5.74, 6) is 0.248. The number of pyridine rings is 1. The van der Waals surface area contributed by atoms with Crippen molar-refractivity contribution in [2.45, 2.75) is 13.3 Å². The van der Waals surface area contributed by atoms with Crippen molar-refractivity contribution >= 4 is 16.7 Å². The molecule has 7 heteroatoms. The molecule has 0 aliphatic rings. The summed E-state index contributed by atoms with van der Waals surface area (Å²) in [6.07, 6.45) is 4.03. The molecule has 0 spiro atoms. The Morgan fingerprint density at radius 3 is 2.44 bits per heavy atom. The van der Waals surface area contributed by atoms with Crippen LogP contribution in [0.3, 0.4) is 0 Å². The summed E-state index contributed by atoms with van der Waals surface area (Å²) in [7, 11) is 1.75. The summed E-state index contributed by atoms with van der Waals surface area (Å²) in [6.45, 7) is 6.23. The highest BCUT2D eigenvalue weighted by Crippen LogP contribution is 2.36. The van der Waals surface area contributed by atoms with E-state index in [0.29, 0.717) is 52.4 Å². The summed E-state index contributed by atoms with van der Waals surface area (Å²) >= 11 is 0. The smallest absolute Gasteiger partial charge is 0.163 e. The van der Waals surface area contributed by atoms with E-state index in [4.69, 9.17) is 9.72 Å². The first-order valence-corrected chi connectivity index (χ1v) is 10.1. The van der Waals surface area contributed by atoms with Crippen LogP contribution in [0, 0.1) is 11.6 Å². The molecule has 0 atom stereocenters. The van der Waals surface area contributed by atoms with Crippen LogP contribution in [0.1, 0.15) is 13.3 Å². The number of rotatable bonds is 7. The number of aromatic nitrogens is 3. The Balaban J connectivity index is 1.93. The van der Waals surface area contributed by atoms with Gasteiger partial charge in [-0.1, -0.05) is 5.57 Å². The summed E-state index contributed by atoms with van der Waals surface area (Å²) in [6, 6.07) is 10.6. The SMILES string of the molecule is C=C(C)CCOc1cc(-c2cc(F)cc(F)c2)cc2c(NC)nc(-c3cccnc3)nc12. The van der Waals surface area contributed by atoms with Crippen LogP contribution >= 0.6 is 0 Å². The van der Waals surface area contributed by atoms with Crippen LogP contribution in [-0.4, -0.2) is 28.6 Å². The molecule has 1 N–H and O–H groups in total. The van der Waals surface area contributed by atoms with Crippen LogP contribution in [0.25, 0.3) is 33.4 Å². The van der Waals surface area contributed by atoms with Gasteiger partial charge in [-0.15, -0.1) is 6.58 Å². The van der Waals surface area contributed by atoms with E-state index in [1.807, 2.05) is 19.1 Å². The number of halogens is 2. The topological polar surface area (TPSA) is 59.9 Å². The number of nitrogens with one attached hydrogen (secondary N) is 1. The Hall–Kier alpha value is -3.87. The molecule has 0 unspecified atom stereocenters. The molecular weight excluding hydrogens is 410 g/mol. The summed E-state index contributed by atoms with van der Waals surface area (Å²) in [4.78, 5) is 13.5. The molecule has 2 heterocycles. The first-order chi connectivity index (χ1) is 15.4. The van der Waals surface area contributed by atoms with Crippen molar-refractivity contribution in [2.24, 2.45) is 0 Å². The van der Waals surface area contributed by atoms with Crippen LogP contribution in [-0.2, 0) is 0 Å². The zero-order valence-electron chi connectivity index (χ0n) is 17.8. The second-order valence-electron chi connectivity index (χ2n) is 7.47. The van der Waals surface area contributed by atoms with E-state index in [2.05, 4.69) is 21.9 Å². The van der Waals surface area contributed by atoms with Gasteiger partial charge in [0.25, 0.3) is 0 Å². The Bertz CT molecular complexity index is 1270. The zero-order chi connectivity index (χ0) is 22.7. The molecule has 4 rings (SSSR count). The maximum absolute atomic E-state index is 13.9. The van der Waals surface area contributed by atoms with Gasteiger partial charge in [0.2, 0.25) is 0 Å². The van der Waals surface area contributed by atoms with Crippen LogP contribution in [0.4, 0.5) is 14.6 Å². The predicted molar refractivity (Wildman–Crippen MR) is 123 cm³/mol. The highest BCUT2D eigenvalue weighted by atomic mass is 19.1. The third-order valence-electron chi connectivity index (χ3n) is 4.90. The molecule has 0 saturated carbocycles. The average Bonchev–Trinajstić information content (AvgIpc) is 2.78. The molecule has 0 saturated heterocycles. The molecule has 32 heavy (non-hydrogen) atoms. The van der Waals surface area contributed by atoms with Crippen molar-refractivity contribution < 1.29 is 13.5 Å². The second kappa shape index (κ2) is 9.09. The van der Waals surface area contributed by atoms with E-state index >= 15 is 0 Å². The van der Waals surface area contributed by atoms with Crippen molar-refractivity contribution in [2.75, 3.05) is 19.0 Å². The number of benzene rings is 2. The lowest BCUT2D eigenvalue weighted by Crippen LogP contribution is -2.03. The van der Waals surface area contributed by atoms with Crippen molar-refractivity contribution in [1.82, 2.24) is 15.0 Å². The maximum atomic E-state index is 13.9. The van der Waals surface area contributed by atoms with Gasteiger partial charge in [0.05, 0.1) is 6.61 Å². The van der Waals surface area contributed by atoms with Gasteiger partial charge in [-0.2, -0.15) is 0 Å². The number of anilines is 1. The van der Waals surface area contributed by atoms with E-state index in [1.54, 1.807) is 31.6 Å². The molecule has 5 nitrogen and oxygen atoms in total. The fraction of sp³-hybridized carbons (Fsp3) is 0.160. The Morgan fingerprint density at radius 1 is 1.03 bits per heavy atom. The van der Waals surface area contributed by atoms with Gasteiger partial charge in [-0.3, -0.25) is 4.98 Å². The largest absolute Gasteiger partial charge is 0.491 e. The first-order valence-electron chi connectivity index (χ1n) is 10.1. The summed E-state index contributed by atoms with van der Waals surface area (Å²) < 4.78 is 33.8. The molecule has 2 aromatic carbocycles. The number of fused-ring (bicyclic) bond motifs is 1. The van der Waals surface area contributed by atoms with Gasteiger partial charge < -0.3 is 10.1 Å². The minimum absolute atomic E-state index is 0.395. The molecule has 0 aliphatic heterocycles. The van der Waals surface area contributed by atoms with E-state index in [1.165, 1.54) is 12.1 Å². The van der Waals surface area contributed by atoms with E-state index in [-0.39, 0.29) is 0 Å². The molecule has 2 aromatic heterocycles. The van der Waals surface area contributed by atoms with Gasteiger partial charge >= 0.3 is 0 Å². The normalized spacial score (nSPS) is 10.9.